The van der Waals surface area contributed by atoms with Crippen molar-refractivity contribution in [3.8, 4) is 0 Å². The zero-order valence-corrected chi connectivity index (χ0v) is 11.7. The van der Waals surface area contributed by atoms with Crippen LogP contribution >= 0.6 is 11.6 Å². The van der Waals surface area contributed by atoms with Crippen molar-refractivity contribution >= 4 is 28.5 Å². The van der Waals surface area contributed by atoms with Crippen LogP contribution in [0.4, 0.5) is 0 Å². The number of carbonyl (C=O) groups is 1. The maximum absolute atomic E-state index is 12.3. The number of nitrogens with zero attached hydrogens (tertiary/aromatic N) is 1. The summed E-state index contributed by atoms with van der Waals surface area (Å²) in [5.41, 5.74) is -0.727. The van der Waals surface area contributed by atoms with Crippen LogP contribution in [-0.4, -0.2) is 15.6 Å². The van der Waals surface area contributed by atoms with Crippen LogP contribution in [-0.2, 0) is 17.3 Å². The number of halogens is 1. The summed E-state index contributed by atoms with van der Waals surface area (Å²) < 4.78 is 1.40. The lowest BCUT2D eigenvalue weighted by atomic mass is 9.85. The Morgan fingerprint density at radius 1 is 1.37 bits per heavy atom. The van der Waals surface area contributed by atoms with Gasteiger partial charge in [-0.1, -0.05) is 23.7 Å². The highest BCUT2D eigenvalue weighted by atomic mass is 35.5. The van der Waals surface area contributed by atoms with Gasteiger partial charge in [0.15, 0.2) is 0 Å². The largest absolute Gasteiger partial charge is 0.481 e. The van der Waals surface area contributed by atoms with Gasteiger partial charge in [0.25, 0.3) is 5.56 Å². The number of aliphatic carboxylic acids is 1. The highest BCUT2D eigenvalue weighted by molar-refractivity contribution is 6.35. The molecule has 0 fully saturated rings. The van der Waals surface area contributed by atoms with Crippen molar-refractivity contribution < 1.29 is 9.90 Å². The molecule has 2 rings (SSSR count). The van der Waals surface area contributed by atoms with Crippen molar-refractivity contribution in [3.63, 3.8) is 0 Å². The molecule has 0 radical (unpaired) electrons. The van der Waals surface area contributed by atoms with Crippen LogP contribution in [0, 0.1) is 0 Å². The maximum Gasteiger partial charge on any atom is 0.313 e. The first kappa shape index (κ1) is 13.6. The summed E-state index contributed by atoms with van der Waals surface area (Å²) in [7, 11) is 1.60. The van der Waals surface area contributed by atoms with Crippen molar-refractivity contribution in [1.82, 2.24) is 4.57 Å². The van der Waals surface area contributed by atoms with Gasteiger partial charge in [-0.25, -0.2) is 0 Å². The molecule has 0 atom stereocenters. The summed E-state index contributed by atoms with van der Waals surface area (Å²) in [5.74, 6) is -1.04. The van der Waals surface area contributed by atoms with E-state index in [9.17, 15) is 14.7 Å². The molecule has 4 nitrogen and oxygen atoms in total. The molecule has 0 bridgehead atoms. The number of aryl methyl sites for hydroxylation is 1. The number of rotatable bonds is 2. The topological polar surface area (TPSA) is 59.3 Å². The van der Waals surface area contributed by atoms with E-state index in [1.807, 2.05) is 6.07 Å². The normalized spacial score (nSPS) is 11.8. The number of pyridine rings is 1. The summed E-state index contributed by atoms with van der Waals surface area (Å²) in [5, 5.41) is 10.5. The van der Waals surface area contributed by atoms with E-state index in [0.717, 1.165) is 5.39 Å². The first-order chi connectivity index (χ1) is 8.76. The number of para-hydroxylation sites is 1. The molecular weight excluding hydrogens is 266 g/mol. The number of fused-ring (bicyclic) bond motifs is 1. The molecule has 1 aromatic heterocycles. The van der Waals surface area contributed by atoms with E-state index >= 15 is 0 Å². The molecule has 0 amide bonds. The molecule has 1 aromatic carbocycles. The zero-order valence-electron chi connectivity index (χ0n) is 10.9. The van der Waals surface area contributed by atoms with Gasteiger partial charge in [0.1, 0.15) is 0 Å². The Labute approximate surface area is 115 Å². The Hall–Kier alpha value is -1.81. The minimum atomic E-state index is -1.24. The number of carboxylic acids is 1. The molecule has 0 aliphatic heterocycles. The summed E-state index contributed by atoms with van der Waals surface area (Å²) in [6.45, 7) is 3.03. The standard InChI is InChI=1S/C14H14ClNO3/c1-14(2,13(18)19)9-7-8-5-4-6-10(15)11(8)16(3)12(9)17/h4-7H,1-3H3,(H,18,19). The predicted octanol–water partition coefficient (Wildman–Crippen LogP) is 2.55. The molecule has 0 unspecified atom stereocenters. The van der Waals surface area contributed by atoms with Crippen molar-refractivity contribution in [3.05, 3.63) is 45.2 Å². The first-order valence-corrected chi connectivity index (χ1v) is 6.16. The molecule has 0 spiro atoms. The van der Waals surface area contributed by atoms with Gasteiger partial charge in [0, 0.05) is 18.0 Å². The van der Waals surface area contributed by atoms with Crippen LogP contribution in [0.2, 0.25) is 5.02 Å². The lowest BCUT2D eigenvalue weighted by Gasteiger charge is -2.20. The van der Waals surface area contributed by atoms with Crippen LogP contribution < -0.4 is 5.56 Å². The van der Waals surface area contributed by atoms with Gasteiger partial charge < -0.3 is 9.67 Å². The Balaban J connectivity index is 2.91. The average Bonchev–Trinajstić information content (AvgIpc) is 2.33. The SMILES string of the molecule is Cn1c(=O)c(C(C)(C)C(=O)O)cc2cccc(Cl)c21. The van der Waals surface area contributed by atoms with Gasteiger partial charge in [0.05, 0.1) is 16.0 Å². The monoisotopic (exact) mass is 279 g/mol. The van der Waals surface area contributed by atoms with Crippen LogP contribution in [0.15, 0.2) is 29.1 Å². The summed E-state index contributed by atoms with van der Waals surface area (Å²) in [4.78, 5) is 23.6. The average molecular weight is 280 g/mol. The molecule has 100 valence electrons. The third kappa shape index (κ3) is 2.02. The Morgan fingerprint density at radius 3 is 2.58 bits per heavy atom. The van der Waals surface area contributed by atoms with Gasteiger partial charge in [-0.3, -0.25) is 9.59 Å². The third-order valence-electron chi connectivity index (χ3n) is 3.40. The van der Waals surface area contributed by atoms with Gasteiger partial charge in [-0.2, -0.15) is 0 Å². The minimum Gasteiger partial charge on any atom is -0.481 e. The molecule has 0 aliphatic rings. The molecular formula is C14H14ClNO3. The van der Waals surface area contributed by atoms with Crippen LogP contribution in [0.3, 0.4) is 0 Å². The first-order valence-electron chi connectivity index (χ1n) is 5.79. The second kappa shape index (κ2) is 4.38. The minimum absolute atomic E-state index is 0.247. The van der Waals surface area contributed by atoms with E-state index < -0.39 is 11.4 Å². The highest BCUT2D eigenvalue weighted by Crippen LogP contribution is 2.27. The fourth-order valence-electron chi connectivity index (χ4n) is 2.06. The van der Waals surface area contributed by atoms with Crippen molar-refractivity contribution in [1.29, 1.82) is 0 Å². The van der Waals surface area contributed by atoms with Gasteiger partial charge in [0.2, 0.25) is 0 Å². The number of carboxylic acid groups (broad SMARTS) is 1. The molecule has 0 aliphatic carbocycles. The van der Waals surface area contributed by atoms with E-state index in [1.165, 1.54) is 18.4 Å². The Bertz CT molecular complexity index is 731. The molecule has 19 heavy (non-hydrogen) atoms. The lowest BCUT2D eigenvalue weighted by Crippen LogP contribution is -2.37. The maximum atomic E-state index is 12.3. The number of aromatic nitrogens is 1. The van der Waals surface area contributed by atoms with E-state index in [4.69, 9.17) is 11.6 Å². The lowest BCUT2D eigenvalue weighted by molar-refractivity contribution is -0.142. The summed E-state index contributed by atoms with van der Waals surface area (Å²) in [6.07, 6.45) is 0. The molecule has 0 saturated carbocycles. The van der Waals surface area contributed by atoms with Gasteiger partial charge >= 0.3 is 5.97 Å². The van der Waals surface area contributed by atoms with Crippen molar-refractivity contribution in [2.45, 2.75) is 19.3 Å². The molecule has 0 saturated heterocycles. The Kier molecular flexibility index (Phi) is 3.14. The number of hydrogen-bond acceptors (Lipinski definition) is 2. The van der Waals surface area contributed by atoms with Crippen LogP contribution in [0.5, 0.6) is 0 Å². The number of benzene rings is 1. The van der Waals surface area contributed by atoms with Crippen LogP contribution in [0.25, 0.3) is 10.9 Å². The molecule has 1 N–H and O–H groups in total. The summed E-state index contributed by atoms with van der Waals surface area (Å²) in [6, 6.07) is 6.89. The van der Waals surface area contributed by atoms with Crippen LogP contribution in [0.1, 0.15) is 19.4 Å². The number of hydrogen-bond donors (Lipinski definition) is 1. The summed E-state index contributed by atoms with van der Waals surface area (Å²) >= 11 is 6.09. The fourth-order valence-corrected chi connectivity index (χ4v) is 2.37. The molecule has 2 aromatic rings. The zero-order chi connectivity index (χ0) is 14.4. The van der Waals surface area contributed by atoms with Gasteiger partial charge in [-0.05, 0) is 26.0 Å². The smallest absolute Gasteiger partial charge is 0.313 e. The second-order valence-corrected chi connectivity index (χ2v) is 5.44. The fraction of sp³-hybridized carbons (Fsp3) is 0.286. The molecule has 1 heterocycles. The molecule has 5 heteroatoms. The van der Waals surface area contributed by atoms with Gasteiger partial charge in [-0.15, -0.1) is 0 Å². The van der Waals surface area contributed by atoms with Crippen molar-refractivity contribution in [2.24, 2.45) is 7.05 Å². The third-order valence-corrected chi connectivity index (χ3v) is 3.70. The van der Waals surface area contributed by atoms with E-state index in [2.05, 4.69) is 0 Å². The predicted molar refractivity (Wildman–Crippen MR) is 74.9 cm³/mol. The Morgan fingerprint density at radius 2 is 2.00 bits per heavy atom. The highest BCUT2D eigenvalue weighted by Gasteiger charge is 2.33. The quantitative estimate of drug-likeness (QED) is 0.919. The van der Waals surface area contributed by atoms with E-state index in [-0.39, 0.29) is 11.1 Å². The van der Waals surface area contributed by atoms with Crippen molar-refractivity contribution in [2.75, 3.05) is 0 Å². The van der Waals surface area contributed by atoms with E-state index in [0.29, 0.717) is 10.5 Å². The van der Waals surface area contributed by atoms with E-state index in [1.54, 1.807) is 25.2 Å². The second-order valence-electron chi connectivity index (χ2n) is 5.03.